The van der Waals surface area contributed by atoms with E-state index in [9.17, 15) is 4.79 Å². The van der Waals surface area contributed by atoms with Crippen LogP contribution in [0.3, 0.4) is 0 Å². The Labute approximate surface area is 251 Å². The molecule has 0 spiro atoms. The third-order valence-electron chi connectivity index (χ3n) is 6.50. The van der Waals surface area contributed by atoms with E-state index in [0.717, 1.165) is 33.3 Å². The summed E-state index contributed by atoms with van der Waals surface area (Å²) in [7, 11) is 1.76. The maximum Gasteiger partial charge on any atom is 0.324 e. The second-order valence-corrected chi connectivity index (χ2v) is 10.9. The molecule has 7 N–H and O–H groups in total. The summed E-state index contributed by atoms with van der Waals surface area (Å²) in [5, 5.41) is 31.7. The molecule has 0 aliphatic rings. The van der Waals surface area contributed by atoms with Crippen molar-refractivity contribution in [3.63, 3.8) is 0 Å². The van der Waals surface area contributed by atoms with Gasteiger partial charge in [0.25, 0.3) is 0 Å². The van der Waals surface area contributed by atoms with Crippen LogP contribution in [0.4, 0.5) is 22.1 Å². The fourth-order valence-corrected chi connectivity index (χ4v) is 4.10. The zero-order chi connectivity index (χ0) is 31.0. The number of hydrogen-bond acceptors (Lipinski definition) is 8. The Morgan fingerprint density at radius 3 is 2.40 bits per heavy atom. The van der Waals surface area contributed by atoms with E-state index in [0.29, 0.717) is 28.9 Å². The van der Waals surface area contributed by atoms with Crippen LogP contribution >= 0.6 is 0 Å². The summed E-state index contributed by atoms with van der Waals surface area (Å²) in [5.41, 5.74) is 5.65. The maximum absolute atomic E-state index is 13.1. The van der Waals surface area contributed by atoms with E-state index < -0.39 is 6.03 Å². The quantitative estimate of drug-likeness (QED) is 0.103. The van der Waals surface area contributed by atoms with Crippen molar-refractivity contribution in [1.82, 2.24) is 20.6 Å². The van der Waals surface area contributed by atoms with Crippen molar-refractivity contribution in [3.8, 4) is 11.1 Å². The number of aryl methyl sites for hydroxylation is 1. The number of carbonyl (C=O) groups is 1. The number of para-hydroxylation sites is 1. The van der Waals surface area contributed by atoms with Crippen molar-refractivity contribution in [1.29, 1.82) is 10.8 Å². The summed E-state index contributed by atoms with van der Waals surface area (Å²) in [5.74, 6) is 0.792. The van der Waals surface area contributed by atoms with E-state index >= 15 is 0 Å². The predicted molar refractivity (Wildman–Crippen MR) is 177 cm³/mol. The third kappa shape index (κ3) is 8.26. The van der Waals surface area contributed by atoms with Gasteiger partial charge in [0, 0.05) is 59.6 Å². The highest BCUT2D eigenvalue weighted by Crippen LogP contribution is 2.29. The molecule has 1 heterocycles. The van der Waals surface area contributed by atoms with E-state index in [1.165, 1.54) is 6.21 Å². The zero-order valence-electron chi connectivity index (χ0n) is 25.0. The van der Waals surface area contributed by atoms with Crippen molar-refractivity contribution >= 4 is 46.2 Å². The van der Waals surface area contributed by atoms with Crippen LogP contribution in [0.15, 0.2) is 96.7 Å². The van der Waals surface area contributed by atoms with Gasteiger partial charge in [0.05, 0.1) is 11.2 Å². The maximum atomic E-state index is 13.1. The predicted octanol–water partition coefficient (Wildman–Crippen LogP) is 6.87. The molecule has 1 aromatic heterocycles. The van der Waals surface area contributed by atoms with Crippen molar-refractivity contribution in [2.75, 3.05) is 23.0 Å². The Hall–Kier alpha value is -5.51. The molecular weight excluding hydrogens is 538 g/mol. The van der Waals surface area contributed by atoms with E-state index in [4.69, 9.17) is 10.8 Å². The number of nitrogens with one attached hydrogen (secondary N) is 7. The molecule has 0 radical (unpaired) electrons. The molecule has 0 bridgehead atoms. The molecule has 0 aliphatic heterocycles. The van der Waals surface area contributed by atoms with Gasteiger partial charge in [-0.3, -0.25) is 5.32 Å². The minimum Gasteiger partial charge on any atom is -0.392 e. The second-order valence-electron chi connectivity index (χ2n) is 10.9. The van der Waals surface area contributed by atoms with Gasteiger partial charge in [0.15, 0.2) is 0 Å². The molecule has 4 aromatic rings. The van der Waals surface area contributed by atoms with E-state index in [-0.39, 0.29) is 5.41 Å². The number of allylic oxidation sites excluding steroid dienone is 2. The summed E-state index contributed by atoms with van der Waals surface area (Å²) in [6, 6.07) is 20.7. The van der Waals surface area contributed by atoms with Crippen LogP contribution in [-0.4, -0.2) is 35.0 Å². The molecule has 10 heteroatoms. The van der Waals surface area contributed by atoms with Gasteiger partial charge in [-0.2, -0.15) is 0 Å². The number of carbonyl (C=O) groups excluding carboxylic acids is 1. The summed E-state index contributed by atoms with van der Waals surface area (Å²) in [6.45, 7) is 7.87. The normalized spacial score (nSPS) is 11.9. The van der Waals surface area contributed by atoms with Crippen LogP contribution in [0.5, 0.6) is 0 Å². The van der Waals surface area contributed by atoms with Crippen molar-refractivity contribution in [2.45, 2.75) is 27.7 Å². The SMILES string of the molecule is CN/C=C(\C=N)Nc1ncc2cc(-c3cc(NC(=O)N/C(=C/C(=N)C(C)(C)C)Nc4ccccc4)ccc3C)ccc2n1. The molecule has 0 fully saturated rings. The van der Waals surface area contributed by atoms with Crippen molar-refractivity contribution in [2.24, 2.45) is 5.41 Å². The van der Waals surface area contributed by atoms with Crippen LogP contribution in [0.1, 0.15) is 26.3 Å². The number of rotatable bonds is 10. The number of hydrogen-bond donors (Lipinski definition) is 7. The first-order valence-electron chi connectivity index (χ1n) is 13.8. The highest BCUT2D eigenvalue weighted by atomic mass is 16.2. The Bertz CT molecular complexity index is 1700. The van der Waals surface area contributed by atoms with Gasteiger partial charge in [-0.15, -0.1) is 0 Å². The van der Waals surface area contributed by atoms with Crippen LogP contribution < -0.4 is 26.6 Å². The number of benzene rings is 3. The van der Waals surface area contributed by atoms with Crippen LogP contribution in [0, 0.1) is 23.2 Å². The van der Waals surface area contributed by atoms with E-state index in [2.05, 4.69) is 36.6 Å². The minimum atomic E-state index is -0.435. The van der Waals surface area contributed by atoms with Crippen molar-refractivity contribution < 1.29 is 4.79 Å². The zero-order valence-corrected chi connectivity index (χ0v) is 25.0. The molecule has 10 nitrogen and oxygen atoms in total. The molecule has 0 aliphatic carbocycles. The lowest BCUT2D eigenvalue weighted by Crippen LogP contribution is -2.32. The third-order valence-corrected chi connectivity index (χ3v) is 6.50. The highest BCUT2D eigenvalue weighted by Gasteiger charge is 2.17. The largest absolute Gasteiger partial charge is 0.392 e. The lowest BCUT2D eigenvalue weighted by molar-refractivity contribution is 0.254. The molecule has 3 aromatic carbocycles. The van der Waals surface area contributed by atoms with Gasteiger partial charge in [0.1, 0.15) is 5.82 Å². The average Bonchev–Trinajstić information content (AvgIpc) is 2.97. The Kier molecular flexibility index (Phi) is 9.51. The molecule has 220 valence electrons. The number of fused-ring (bicyclic) bond motifs is 1. The number of amides is 2. The van der Waals surface area contributed by atoms with Gasteiger partial charge >= 0.3 is 6.03 Å². The monoisotopic (exact) mass is 575 g/mol. The van der Waals surface area contributed by atoms with Gasteiger partial charge < -0.3 is 32.1 Å². The second kappa shape index (κ2) is 13.4. The van der Waals surface area contributed by atoms with Crippen LogP contribution in [0.2, 0.25) is 0 Å². The number of anilines is 3. The lowest BCUT2D eigenvalue weighted by Gasteiger charge is -2.20. The van der Waals surface area contributed by atoms with Gasteiger partial charge in [-0.05, 0) is 60.0 Å². The molecule has 4 rings (SSSR count). The van der Waals surface area contributed by atoms with Crippen molar-refractivity contribution in [3.05, 3.63) is 102 Å². The molecule has 0 saturated heterocycles. The van der Waals surface area contributed by atoms with Crippen LogP contribution in [0.25, 0.3) is 22.0 Å². The fraction of sp³-hybridized carbons (Fsp3) is 0.182. The first-order valence-corrected chi connectivity index (χ1v) is 13.8. The summed E-state index contributed by atoms with van der Waals surface area (Å²) in [4.78, 5) is 22.1. The highest BCUT2D eigenvalue weighted by molar-refractivity contribution is 5.99. The molecule has 0 saturated carbocycles. The lowest BCUT2D eigenvalue weighted by atomic mass is 9.90. The van der Waals surface area contributed by atoms with E-state index in [1.54, 1.807) is 25.5 Å². The fourth-order valence-electron chi connectivity index (χ4n) is 4.10. The molecular formula is C33H37N9O. The topological polar surface area (TPSA) is 151 Å². The molecule has 0 unspecified atom stereocenters. The molecule has 0 atom stereocenters. The Balaban J connectivity index is 1.54. The van der Waals surface area contributed by atoms with Gasteiger partial charge in [0.2, 0.25) is 5.95 Å². The minimum absolute atomic E-state index is 0.372. The standard InChI is InChI=1S/C33H37N9O/c1-21-11-13-25(40-32(43)42-30(17-29(35)33(2,3)4)38-24-9-7-6-8-10-24)16-27(21)22-12-14-28-23(15-22)19-37-31(41-28)39-26(18-34)20-36-5/h6-20,34-36,38H,1-5H3,(H,37,39,41)(H2,40,42,43)/b26-20+,30-17+,34-18?,35-29?. The molecule has 43 heavy (non-hydrogen) atoms. The van der Waals surface area contributed by atoms with Crippen LogP contribution in [-0.2, 0) is 0 Å². The first kappa shape index (κ1) is 30.4. The Morgan fingerprint density at radius 2 is 1.70 bits per heavy atom. The number of urea groups is 1. The van der Waals surface area contributed by atoms with Gasteiger partial charge in [-0.1, -0.05) is 51.1 Å². The van der Waals surface area contributed by atoms with Gasteiger partial charge in [-0.25, -0.2) is 14.8 Å². The Morgan fingerprint density at radius 1 is 0.930 bits per heavy atom. The van der Waals surface area contributed by atoms with E-state index in [1.807, 2.05) is 94.4 Å². The first-order chi connectivity index (χ1) is 20.5. The average molecular weight is 576 g/mol. The smallest absolute Gasteiger partial charge is 0.324 e. The molecule has 2 amide bonds. The number of nitrogens with zero attached hydrogens (tertiary/aromatic N) is 2. The summed E-state index contributed by atoms with van der Waals surface area (Å²) in [6.07, 6.45) is 6.21. The summed E-state index contributed by atoms with van der Waals surface area (Å²) < 4.78 is 0. The summed E-state index contributed by atoms with van der Waals surface area (Å²) >= 11 is 0. The number of aromatic nitrogens is 2.